The first kappa shape index (κ1) is 18.9. The van der Waals surface area contributed by atoms with Crippen molar-refractivity contribution in [1.82, 2.24) is 0 Å². The summed E-state index contributed by atoms with van der Waals surface area (Å²) in [4.78, 5) is 12.4. The number of carbonyl (C=O) groups excluding carboxylic acids is 1. The fraction of sp³-hybridized carbons (Fsp3) is 0.278. The van der Waals surface area contributed by atoms with E-state index >= 15 is 0 Å². The van der Waals surface area contributed by atoms with Crippen molar-refractivity contribution in [2.24, 2.45) is 5.73 Å². The number of benzene rings is 2. The van der Waals surface area contributed by atoms with E-state index in [0.29, 0.717) is 36.1 Å². The highest BCUT2D eigenvalue weighted by molar-refractivity contribution is 6.34. The van der Waals surface area contributed by atoms with E-state index < -0.39 is 11.4 Å². The van der Waals surface area contributed by atoms with E-state index in [2.05, 4.69) is 5.32 Å². The van der Waals surface area contributed by atoms with Crippen LogP contribution in [0.1, 0.15) is 12.8 Å². The number of halogens is 3. The Kier molecular flexibility index (Phi) is 5.67. The summed E-state index contributed by atoms with van der Waals surface area (Å²) in [6.45, 7) is 0.844. The van der Waals surface area contributed by atoms with Crippen LogP contribution in [0.5, 0.6) is 11.5 Å². The van der Waals surface area contributed by atoms with Crippen molar-refractivity contribution in [3.63, 3.8) is 0 Å². The smallest absolute Gasteiger partial charge is 0.244 e. The predicted molar refractivity (Wildman–Crippen MR) is 98.5 cm³/mol. The number of ether oxygens (including phenoxy) is 2. The van der Waals surface area contributed by atoms with Crippen LogP contribution in [0.15, 0.2) is 36.4 Å². The molecule has 0 bridgehead atoms. The van der Waals surface area contributed by atoms with Crippen molar-refractivity contribution in [3.05, 3.63) is 52.3 Å². The fourth-order valence-corrected chi connectivity index (χ4v) is 2.87. The molecule has 0 unspecified atom stereocenters. The van der Waals surface area contributed by atoms with E-state index in [1.807, 2.05) is 0 Å². The van der Waals surface area contributed by atoms with E-state index in [-0.39, 0.29) is 23.1 Å². The van der Waals surface area contributed by atoms with Gasteiger partial charge in [0.2, 0.25) is 5.91 Å². The van der Waals surface area contributed by atoms with E-state index in [9.17, 15) is 9.18 Å². The molecule has 138 valence electrons. The zero-order chi connectivity index (χ0) is 18.7. The summed E-state index contributed by atoms with van der Waals surface area (Å²) < 4.78 is 25.0. The zero-order valence-corrected chi connectivity index (χ0v) is 15.2. The third-order valence-electron chi connectivity index (χ3n) is 4.14. The highest BCUT2D eigenvalue weighted by Crippen LogP contribution is 2.34. The van der Waals surface area contributed by atoms with Crippen LogP contribution in [0, 0.1) is 5.82 Å². The Labute approximate surface area is 160 Å². The molecule has 1 heterocycles. The number of hydrogen-bond donors (Lipinski definition) is 2. The quantitative estimate of drug-likeness (QED) is 0.801. The molecule has 0 aromatic heterocycles. The Balaban J connectivity index is 1.73. The second-order valence-corrected chi connectivity index (χ2v) is 6.89. The molecule has 3 N–H and O–H groups in total. The molecule has 26 heavy (non-hydrogen) atoms. The highest BCUT2D eigenvalue weighted by Gasteiger charge is 2.36. The molecule has 1 aliphatic rings. The lowest BCUT2D eigenvalue weighted by Gasteiger charge is -2.31. The molecule has 1 saturated heterocycles. The minimum atomic E-state index is -1.02. The monoisotopic (exact) mass is 398 g/mol. The van der Waals surface area contributed by atoms with Crippen LogP contribution in [-0.2, 0) is 9.53 Å². The Morgan fingerprint density at radius 1 is 1.15 bits per heavy atom. The largest absolute Gasteiger partial charge is 0.453 e. The molecular weight excluding hydrogens is 382 g/mol. The normalized spacial score (nSPS) is 16.2. The van der Waals surface area contributed by atoms with Crippen molar-refractivity contribution in [2.45, 2.75) is 18.4 Å². The third-order valence-corrected chi connectivity index (χ3v) is 4.69. The molecule has 1 aliphatic heterocycles. The van der Waals surface area contributed by atoms with Gasteiger partial charge in [-0.15, -0.1) is 0 Å². The highest BCUT2D eigenvalue weighted by atomic mass is 35.5. The van der Waals surface area contributed by atoms with Gasteiger partial charge in [-0.1, -0.05) is 23.2 Å². The van der Waals surface area contributed by atoms with Crippen LogP contribution >= 0.6 is 23.2 Å². The van der Waals surface area contributed by atoms with Crippen LogP contribution in [-0.4, -0.2) is 24.7 Å². The maximum atomic E-state index is 14.4. The van der Waals surface area contributed by atoms with E-state index in [0.717, 1.165) is 6.07 Å². The lowest BCUT2D eigenvalue weighted by molar-refractivity contribution is -0.124. The molecule has 3 rings (SSSR count). The van der Waals surface area contributed by atoms with Gasteiger partial charge in [-0.3, -0.25) is 4.79 Å². The summed E-state index contributed by atoms with van der Waals surface area (Å²) in [7, 11) is 0. The molecule has 1 fully saturated rings. The number of anilines is 1. The number of carbonyl (C=O) groups is 1. The Hall–Kier alpha value is -1.86. The topological polar surface area (TPSA) is 73.6 Å². The zero-order valence-electron chi connectivity index (χ0n) is 13.7. The second kappa shape index (κ2) is 7.80. The Bertz CT molecular complexity index is 826. The summed E-state index contributed by atoms with van der Waals surface area (Å²) in [5, 5.41) is 3.36. The molecule has 2 aromatic carbocycles. The number of nitrogens with one attached hydrogen (secondary N) is 1. The summed E-state index contributed by atoms with van der Waals surface area (Å²) in [6, 6.07) is 8.73. The summed E-state index contributed by atoms with van der Waals surface area (Å²) in [5.41, 5.74) is 5.38. The first-order chi connectivity index (χ1) is 12.4. The molecule has 0 atom stereocenters. The first-order valence-electron chi connectivity index (χ1n) is 7.98. The van der Waals surface area contributed by atoms with Crippen molar-refractivity contribution in [1.29, 1.82) is 0 Å². The molecule has 1 amide bonds. The van der Waals surface area contributed by atoms with Gasteiger partial charge < -0.3 is 20.5 Å². The Morgan fingerprint density at radius 2 is 1.88 bits per heavy atom. The van der Waals surface area contributed by atoms with E-state index in [1.54, 1.807) is 12.1 Å². The van der Waals surface area contributed by atoms with Gasteiger partial charge in [-0.2, -0.15) is 0 Å². The van der Waals surface area contributed by atoms with Crippen LogP contribution in [0.4, 0.5) is 10.1 Å². The van der Waals surface area contributed by atoms with Crippen LogP contribution in [0.2, 0.25) is 10.0 Å². The molecule has 0 spiro atoms. The molecule has 5 nitrogen and oxygen atoms in total. The minimum absolute atomic E-state index is 0.0410. The maximum Gasteiger partial charge on any atom is 0.244 e. The number of hydrogen-bond acceptors (Lipinski definition) is 4. The Morgan fingerprint density at radius 3 is 2.58 bits per heavy atom. The molecule has 0 radical (unpaired) electrons. The van der Waals surface area contributed by atoms with Crippen LogP contribution < -0.4 is 15.8 Å². The van der Waals surface area contributed by atoms with Gasteiger partial charge in [0.05, 0.1) is 5.02 Å². The first-order valence-corrected chi connectivity index (χ1v) is 8.73. The van der Waals surface area contributed by atoms with E-state index in [4.69, 9.17) is 38.4 Å². The van der Waals surface area contributed by atoms with Gasteiger partial charge in [-0.25, -0.2) is 4.39 Å². The molecule has 0 saturated carbocycles. The minimum Gasteiger partial charge on any atom is -0.453 e. The average molecular weight is 399 g/mol. The van der Waals surface area contributed by atoms with Crippen LogP contribution in [0.3, 0.4) is 0 Å². The van der Waals surface area contributed by atoms with Gasteiger partial charge in [0.25, 0.3) is 0 Å². The molecular formula is C18H17Cl2FN2O3. The lowest BCUT2D eigenvalue weighted by Crippen LogP contribution is -2.54. The summed E-state index contributed by atoms with van der Waals surface area (Å²) in [5.74, 6) is -0.831. The van der Waals surface area contributed by atoms with Gasteiger partial charge in [-0.05, 0) is 37.1 Å². The summed E-state index contributed by atoms with van der Waals surface area (Å²) >= 11 is 11.9. The lowest BCUT2D eigenvalue weighted by atomic mass is 9.90. The standard InChI is InChI=1S/C18H17Cl2FN2O3/c19-11-1-3-13(20)16(9-11)26-15-4-2-12(10-14(15)21)23-17(24)18(22)5-7-25-8-6-18/h1-4,9-10H,5-8,22H2,(H,23,24). The van der Waals surface area contributed by atoms with Crippen molar-refractivity contribution in [3.8, 4) is 11.5 Å². The second-order valence-electron chi connectivity index (χ2n) is 6.04. The third kappa shape index (κ3) is 4.27. The van der Waals surface area contributed by atoms with Gasteiger partial charge >= 0.3 is 0 Å². The fourth-order valence-electron chi connectivity index (χ4n) is 2.55. The maximum absolute atomic E-state index is 14.4. The van der Waals surface area contributed by atoms with Gasteiger partial charge in [0.15, 0.2) is 11.6 Å². The van der Waals surface area contributed by atoms with Crippen molar-refractivity contribution < 1.29 is 18.7 Å². The molecule has 0 aliphatic carbocycles. The summed E-state index contributed by atoms with van der Waals surface area (Å²) in [6.07, 6.45) is 0.825. The number of rotatable bonds is 4. The van der Waals surface area contributed by atoms with Crippen molar-refractivity contribution in [2.75, 3.05) is 18.5 Å². The van der Waals surface area contributed by atoms with Crippen molar-refractivity contribution >= 4 is 34.8 Å². The number of nitrogens with two attached hydrogens (primary N) is 1. The van der Waals surface area contributed by atoms with E-state index in [1.165, 1.54) is 18.2 Å². The average Bonchev–Trinajstić information content (AvgIpc) is 2.61. The van der Waals surface area contributed by atoms with Gasteiger partial charge in [0.1, 0.15) is 11.3 Å². The van der Waals surface area contributed by atoms with Gasteiger partial charge in [0, 0.05) is 36.1 Å². The predicted octanol–water partition coefficient (Wildman–Crippen LogP) is 4.37. The molecule has 2 aromatic rings. The molecule has 8 heteroatoms. The number of amides is 1. The van der Waals surface area contributed by atoms with Crippen LogP contribution in [0.25, 0.3) is 0 Å². The SMILES string of the molecule is NC1(C(=O)Nc2ccc(Oc3cc(Cl)ccc3Cl)c(F)c2)CCOCC1.